The summed E-state index contributed by atoms with van der Waals surface area (Å²) in [5.74, 6) is 0.924. The molecule has 8 nitrogen and oxygen atoms in total. The van der Waals surface area contributed by atoms with Gasteiger partial charge in [-0.25, -0.2) is 4.79 Å². The number of methoxy groups -OCH3 is 1. The monoisotopic (exact) mass is 531 g/mol. The molecule has 5 rings (SSSR count). The Bertz CT molecular complexity index is 1190. The number of halogens is 1. The Kier molecular flexibility index (Phi) is 7.71. The molecule has 10 heteroatoms. The first-order chi connectivity index (χ1) is 17.6. The normalized spacial score (nSPS) is 18.6. The van der Waals surface area contributed by atoms with Gasteiger partial charge in [0.25, 0.3) is 0 Å². The molecule has 0 spiro atoms. The number of aliphatic hydroxyl groups is 1. The van der Waals surface area contributed by atoms with E-state index in [2.05, 4.69) is 39.4 Å². The minimum Gasteiger partial charge on any atom is -0.493 e. The number of aliphatic hydroxyl groups excluding tert-OH is 1. The van der Waals surface area contributed by atoms with Gasteiger partial charge in [-0.15, -0.1) is 11.3 Å². The lowest BCUT2D eigenvalue weighted by Crippen LogP contribution is -2.46. The van der Waals surface area contributed by atoms with Gasteiger partial charge in [-0.2, -0.15) is 0 Å². The molecule has 1 N–H and O–H groups in total. The molecular weight excluding hydrogens is 502 g/mol. The largest absolute Gasteiger partial charge is 0.493 e. The maximum Gasteiger partial charge on any atom is 0.415 e. The molecule has 0 saturated carbocycles. The fourth-order valence-corrected chi connectivity index (χ4v) is 5.87. The number of cyclic esters (lactones) is 1. The summed E-state index contributed by atoms with van der Waals surface area (Å²) in [4.78, 5) is 18.3. The molecule has 0 bridgehead atoms. The third kappa shape index (κ3) is 5.06. The van der Waals surface area contributed by atoms with Gasteiger partial charge in [-0.1, -0.05) is 17.7 Å². The van der Waals surface area contributed by atoms with Crippen LogP contribution in [-0.2, 0) is 11.3 Å². The van der Waals surface area contributed by atoms with E-state index in [0.29, 0.717) is 29.4 Å². The first-order valence-corrected chi connectivity index (χ1v) is 13.4. The van der Waals surface area contributed by atoms with E-state index in [1.54, 1.807) is 23.5 Å². The molecule has 3 aromatic rings. The van der Waals surface area contributed by atoms with Crippen LogP contribution in [-0.4, -0.2) is 74.6 Å². The minimum absolute atomic E-state index is 0.105. The number of amides is 1. The van der Waals surface area contributed by atoms with Crippen LogP contribution in [0.5, 0.6) is 11.5 Å². The Morgan fingerprint density at radius 3 is 2.75 bits per heavy atom. The second-order valence-corrected chi connectivity index (χ2v) is 10.3. The predicted octanol–water partition coefficient (Wildman–Crippen LogP) is 4.51. The molecule has 2 aliphatic rings. The molecule has 1 aromatic heterocycles. The van der Waals surface area contributed by atoms with Crippen LogP contribution in [0.15, 0.2) is 41.8 Å². The van der Waals surface area contributed by atoms with Crippen molar-refractivity contribution in [2.24, 2.45) is 0 Å². The number of carbonyl (C=O) groups excluding carboxylic acids is 1. The number of piperazine rings is 1. The lowest BCUT2D eigenvalue weighted by molar-refractivity contribution is 0.180. The molecule has 1 atom stereocenters. The Morgan fingerprint density at radius 1 is 1.19 bits per heavy atom. The van der Waals surface area contributed by atoms with Gasteiger partial charge in [0.15, 0.2) is 11.5 Å². The van der Waals surface area contributed by atoms with Crippen molar-refractivity contribution in [3.63, 3.8) is 0 Å². The molecule has 2 aromatic carbocycles. The first kappa shape index (κ1) is 25.0. The SMILES string of the molecule is COc1cc(N2C(=O)OCC2Cl)cc(CO)c1OCCCN1CCN(c2cccc3sccc23)CC1. The van der Waals surface area contributed by atoms with Crippen molar-refractivity contribution in [1.82, 2.24) is 4.90 Å². The van der Waals surface area contributed by atoms with Crippen LogP contribution in [0, 0.1) is 0 Å². The average Bonchev–Trinajstić information content (AvgIpc) is 3.52. The molecule has 1 amide bonds. The Morgan fingerprint density at radius 2 is 2.03 bits per heavy atom. The number of ether oxygens (including phenoxy) is 3. The summed E-state index contributed by atoms with van der Waals surface area (Å²) in [7, 11) is 1.53. The second-order valence-electron chi connectivity index (χ2n) is 8.82. The minimum atomic E-state index is -0.612. The highest BCUT2D eigenvalue weighted by molar-refractivity contribution is 7.17. The molecule has 0 radical (unpaired) electrons. The van der Waals surface area contributed by atoms with E-state index in [1.165, 1.54) is 27.8 Å². The molecular formula is C26H30ClN3O5S. The number of fused-ring (bicyclic) bond motifs is 1. The number of anilines is 2. The molecule has 2 aliphatic heterocycles. The van der Waals surface area contributed by atoms with E-state index in [4.69, 9.17) is 25.8 Å². The highest BCUT2D eigenvalue weighted by Crippen LogP contribution is 2.38. The molecule has 192 valence electrons. The fourth-order valence-electron chi connectivity index (χ4n) is 4.81. The summed E-state index contributed by atoms with van der Waals surface area (Å²) in [6, 6.07) is 12.1. The van der Waals surface area contributed by atoms with Gasteiger partial charge in [-0.3, -0.25) is 9.80 Å². The van der Waals surface area contributed by atoms with Gasteiger partial charge in [0.1, 0.15) is 12.1 Å². The Labute approximate surface area is 219 Å². The first-order valence-electron chi connectivity index (χ1n) is 12.1. The molecule has 0 aliphatic carbocycles. The van der Waals surface area contributed by atoms with Gasteiger partial charge in [0, 0.05) is 60.1 Å². The summed E-state index contributed by atoms with van der Waals surface area (Å²) >= 11 is 8.00. The number of carbonyl (C=O) groups is 1. The van der Waals surface area contributed by atoms with Crippen molar-refractivity contribution in [2.75, 3.05) is 62.8 Å². The smallest absolute Gasteiger partial charge is 0.415 e. The van der Waals surface area contributed by atoms with Crippen molar-refractivity contribution >= 4 is 50.5 Å². The maximum atomic E-state index is 12.1. The Hall–Kier alpha value is -2.72. The summed E-state index contributed by atoms with van der Waals surface area (Å²) in [6.45, 7) is 5.28. The quantitative estimate of drug-likeness (QED) is 0.247. The van der Waals surface area contributed by atoms with E-state index in [0.717, 1.165) is 39.1 Å². The van der Waals surface area contributed by atoms with E-state index >= 15 is 0 Å². The van der Waals surface area contributed by atoms with Gasteiger partial charge in [-0.05, 0) is 36.1 Å². The number of alkyl halides is 1. The highest BCUT2D eigenvalue weighted by Gasteiger charge is 2.34. The average molecular weight is 532 g/mol. The van der Waals surface area contributed by atoms with Crippen molar-refractivity contribution in [3.05, 3.63) is 47.3 Å². The summed E-state index contributed by atoms with van der Waals surface area (Å²) < 4.78 is 17.9. The van der Waals surface area contributed by atoms with Gasteiger partial charge >= 0.3 is 6.09 Å². The standard InChI is InChI=1S/C26H30ClN3O5S/c1-33-22-15-19(30-24(27)17-35-26(30)32)14-18(16-31)25(22)34-12-3-7-28-8-10-29(11-9-28)21-4-2-5-23-20(21)6-13-36-23/h2,4-6,13-15,24,31H,3,7-12,16-17H2,1H3. The van der Waals surface area contributed by atoms with Crippen LogP contribution in [0.4, 0.5) is 16.2 Å². The van der Waals surface area contributed by atoms with E-state index in [-0.39, 0.29) is 13.2 Å². The lowest BCUT2D eigenvalue weighted by atomic mass is 10.1. The van der Waals surface area contributed by atoms with Gasteiger partial charge < -0.3 is 24.2 Å². The van der Waals surface area contributed by atoms with E-state index in [9.17, 15) is 9.90 Å². The van der Waals surface area contributed by atoms with Crippen LogP contribution in [0.25, 0.3) is 10.1 Å². The molecule has 36 heavy (non-hydrogen) atoms. The van der Waals surface area contributed by atoms with Crippen LogP contribution >= 0.6 is 22.9 Å². The van der Waals surface area contributed by atoms with Gasteiger partial charge in [0.2, 0.25) is 0 Å². The summed E-state index contributed by atoms with van der Waals surface area (Å²) in [6.07, 6.45) is 0.319. The van der Waals surface area contributed by atoms with Crippen LogP contribution in [0.2, 0.25) is 0 Å². The van der Waals surface area contributed by atoms with Crippen molar-refractivity contribution in [3.8, 4) is 11.5 Å². The highest BCUT2D eigenvalue weighted by atomic mass is 35.5. The molecule has 2 fully saturated rings. The zero-order valence-corrected chi connectivity index (χ0v) is 21.8. The molecule has 3 heterocycles. The lowest BCUT2D eigenvalue weighted by Gasteiger charge is -2.36. The van der Waals surface area contributed by atoms with Crippen molar-refractivity contribution in [1.29, 1.82) is 0 Å². The van der Waals surface area contributed by atoms with Gasteiger partial charge in [0.05, 0.1) is 26.0 Å². The zero-order chi connectivity index (χ0) is 25.1. The topological polar surface area (TPSA) is 74.7 Å². The summed E-state index contributed by atoms with van der Waals surface area (Å²) in [5.41, 5.74) is 1.75. The second kappa shape index (κ2) is 11.1. The predicted molar refractivity (Wildman–Crippen MR) is 143 cm³/mol. The van der Waals surface area contributed by atoms with Crippen LogP contribution in [0.1, 0.15) is 12.0 Å². The number of rotatable bonds is 9. The summed E-state index contributed by atoms with van der Waals surface area (Å²) in [5, 5.41) is 13.5. The number of hydrogen-bond acceptors (Lipinski definition) is 8. The van der Waals surface area contributed by atoms with Crippen molar-refractivity contribution < 1.29 is 24.1 Å². The van der Waals surface area contributed by atoms with Crippen LogP contribution in [0.3, 0.4) is 0 Å². The maximum absolute atomic E-state index is 12.1. The third-order valence-corrected chi connectivity index (χ3v) is 7.86. The van der Waals surface area contributed by atoms with E-state index < -0.39 is 11.6 Å². The third-order valence-electron chi connectivity index (χ3n) is 6.66. The number of nitrogens with zero attached hydrogens (tertiary/aromatic N) is 3. The number of hydrogen-bond donors (Lipinski definition) is 1. The zero-order valence-electron chi connectivity index (χ0n) is 20.2. The fraction of sp³-hybridized carbons (Fsp3) is 0.423. The van der Waals surface area contributed by atoms with Crippen LogP contribution < -0.4 is 19.3 Å². The number of thiophene rings is 1. The Balaban J connectivity index is 1.15. The van der Waals surface area contributed by atoms with Crippen molar-refractivity contribution in [2.45, 2.75) is 18.5 Å². The molecule has 1 unspecified atom stereocenters. The number of benzene rings is 2. The van der Waals surface area contributed by atoms with E-state index in [1.807, 2.05) is 0 Å². The molecule has 2 saturated heterocycles.